The third kappa shape index (κ3) is 2.99. The molecule has 0 aliphatic heterocycles. The van der Waals surface area contributed by atoms with Crippen LogP contribution in [0.4, 0.5) is 0 Å². The highest BCUT2D eigenvalue weighted by molar-refractivity contribution is 5.84. The maximum atomic E-state index is 12.6. The first-order chi connectivity index (χ1) is 12.1. The van der Waals surface area contributed by atoms with Gasteiger partial charge in [0.15, 0.2) is 17.8 Å². The van der Waals surface area contributed by atoms with Crippen LogP contribution in [0.15, 0.2) is 57.9 Å². The van der Waals surface area contributed by atoms with Crippen molar-refractivity contribution in [3.05, 3.63) is 64.8 Å². The maximum Gasteiger partial charge on any atom is 0.602 e. The van der Waals surface area contributed by atoms with Gasteiger partial charge in [0, 0.05) is 12.3 Å². The minimum atomic E-state index is -0.234. The molecular weight excluding hydrogens is 310 g/mol. The highest BCUT2D eigenvalue weighted by Crippen LogP contribution is 2.30. The number of hydrogen-bond acceptors (Lipinski definition) is 2. The third-order valence-corrected chi connectivity index (χ3v) is 5.51. The predicted molar refractivity (Wildman–Crippen MR) is 99.5 cm³/mol. The van der Waals surface area contributed by atoms with E-state index in [2.05, 4.69) is 31.2 Å². The van der Waals surface area contributed by atoms with Gasteiger partial charge >= 0.3 is 5.76 Å². The van der Waals surface area contributed by atoms with Gasteiger partial charge in [-0.2, -0.15) is 4.79 Å². The number of hydrogen-bond donors (Lipinski definition) is 0. The van der Waals surface area contributed by atoms with Crippen LogP contribution in [0.25, 0.3) is 22.1 Å². The van der Waals surface area contributed by atoms with E-state index in [1.165, 1.54) is 24.8 Å². The molecule has 0 N–H and O–H groups in total. The lowest BCUT2D eigenvalue weighted by atomic mass is 9.86. The van der Waals surface area contributed by atoms with Crippen LogP contribution in [0.1, 0.15) is 44.2 Å². The molecule has 0 saturated heterocycles. The van der Waals surface area contributed by atoms with Crippen molar-refractivity contribution < 1.29 is 8.98 Å². The minimum Gasteiger partial charge on any atom is -0.371 e. The van der Waals surface area contributed by atoms with Crippen LogP contribution < -0.4 is 10.3 Å². The Morgan fingerprint density at radius 3 is 2.56 bits per heavy atom. The first kappa shape index (κ1) is 16.1. The van der Waals surface area contributed by atoms with Crippen molar-refractivity contribution in [3.8, 4) is 11.1 Å². The molecule has 25 heavy (non-hydrogen) atoms. The molecule has 1 aliphatic rings. The average Bonchev–Trinajstić information content (AvgIpc) is 2.63. The summed E-state index contributed by atoms with van der Waals surface area (Å²) in [6.07, 6.45) is 6.68. The van der Waals surface area contributed by atoms with Gasteiger partial charge in [0.25, 0.3) is 0 Å². The largest absolute Gasteiger partial charge is 0.602 e. The summed E-state index contributed by atoms with van der Waals surface area (Å²) >= 11 is 0. The van der Waals surface area contributed by atoms with E-state index in [0.717, 1.165) is 22.9 Å². The number of aromatic nitrogens is 1. The lowest BCUT2D eigenvalue weighted by Crippen LogP contribution is -2.55. The zero-order valence-electron chi connectivity index (χ0n) is 14.9. The molecule has 0 radical (unpaired) electrons. The SMILES string of the molecule is Cc1cc(-c2ccccc2)cc2c[n+](C3CCCCC3C)c(=O)oc12. The van der Waals surface area contributed by atoms with E-state index >= 15 is 0 Å². The van der Waals surface area contributed by atoms with Gasteiger partial charge in [0.1, 0.15) is 0 Å². The normalized spacial score (nSPS) is 20.7. The van der Waals surface area contributed by atoms with E-state index in [-0.39, 0.29) is 11.8 Å². The molecule has 1 heterocycles. The molecule has 3 nitrogen and oxygen atoms in total. The summed E-state index contributed by atoms with van der Waals surface area (Å²) in [7, 11) is 0. The van der Waals surface area contributed by atoms with Gasteiger partial charge < -0.3 is 4.42 Å². The summed E-state index contributed by atoms with van der Waals surface area (Å²) in [4.78, 5) is 12.6. The monoisotopic (exact) mass is 334 g/mol. The van der Waals surface area contributed by atoms with Crippen molar-refractivity contribution in [2.24, 2.45) is 5.92 Å². The molecule has 0 amide bonds. The summed E-state index contributed by atoms with van der Waals surface area (Å²) in [6, 6.07) is 14.8. The minimum absolute atomic E-state index is 0.234. The van der Waals surface area contributed by atoms with E-state index < -0.39 is 0 Å². The van der Waals surface area contributed by atoms with Crippen LogP contribution in [0.5, 0.6) is 0 Å². The Hall–Kier alpha value is -2.42. The highest BCUT2D eigenvalue weighted by atomic mass is 16.4. The predicted octanol–water partition coefficient (Wildman–Crippen LogP) is 4.81. The molecule has 3 heteroatoms. The fourth-order valence-electron chi connectivity index (χ4n) is 4.12. The summed E-state index contributed by atoms with van der Waals surface area (Å²) < 4.78 is 7.56. The number of benzene rings is 2. The van der Waals surface area contributed by atoms with E-state index in [0.29, 0.717) is 11.5 Å². The quantitative estimate of drug-likeness (QED) is 0.630. The fraction of sp³-hybridized carbons (Fsp3) is 0.364. The number of aryl methyl sites for hydroxylation is 1. The smallest absolute Gasteiger partial charge is 0.371 e. The fourth-order valence-corrected chi connectivity index (χ4v) is 4.12. The summed E-state index contributed by atoms with van der Waals surface area (Å²) in [5.74, 6) is 0.277. The highest BCUT2D eigenvalue weighted by Gasteiger charge is 2.32. The van der Waals surface area contributed by atoms with Crippen LogP contribution in [-0.2, 0) is 0 Å². The Labute approximate surface area is 147 Å². The Bertz CT molecular complexity index is 959. The van der Waals surface area contributed by atoms with Gasteiger partial charge in [-0.05, 0) is 48.6 Å². The third-order valence-electron chi connectivity index (χ3n) is 5.51. The molecule has 4 rings (SSSR count). The number of fused-ring (bicyclic) bond motifs is 1. The second kappa shape index (κ2) is 6.47. The van der Waals surface area contributed by atoms with Gasteiger partial charge in [-0.25, -0.2) is 0 Å². The summed E-state index contributed by atoms with van der Waals surface area (Å²) in [5, 5.41) is 0.997. The standard InChI is InChI=1S/C22H24NO2/c1-15-8-6-7-11-20(15)23-14-19-13-18(17-9-4-3-5-10-17)12-16(2)21(19)25-22(23)24/h3-5,9-10,12-15,20H,6-8,11H2,1-2H3/q+1. The molecule has 2 unspecified atom stereocenters. The van der Waals surface area contributed by atoms with Crippen molar-refractivity contribution in [1.82, 2.24) is 0 Å². The summed E-state index contributed by atoms with van der Waals surface area (Å²) in [6.45, 7) is 4.25. The van der Waals surface area contributed by atoms with E-state index in [1.54, 1.807) is 0 Å². The molecule has 1 fully saturated rings. The van der Waals surface area contributed by atoms with Gasteiger partial charge in [-0.3, -0.25) is 0 Å². The van der Waals surface area contributed by atoms with Gasteiger partial charge in [-0.1, -0.05) is 43.7 Å². The first-order valence-electron chi connectivity index (χ1n) is 9.18. The lowest BCUT2D eigenvalue weighted by molar-refractivity contribution is -0.753. The van der Waals surface area contributed by atoms with Crippen molar-refractivity contribution >= 4 is 11.0 Å². The topological polar surface area (TPSA) is 34.1 Å². The van der Waals surface area contributed by atoms with Crippen molar-refractivity contribution in [2.45, 2.75) is 45.6 Å². The van der Waals surface area contributed by atoms with Gasteiger partial charge in [0.2, 0.25) is 0 Å². The molecule has 2 atom stereocenters. The van der Waals surface area contributed by atoms with Crippen molar-refractivity contribution in [3.63, 3.8) is 0 Å². The number of nitrogens with zero attached hydrogens (tertiary/aromatic N) is 1. The Morgan fingerprint density at radius 2 is 1.80 bits per heavy atom. The molecule has 0 spiro atoms. The molecule has 1 saturated carbocycles. The Balaban J connectivity index is 1.87. The second-order valence-electron chi connectivity index (χ2n) is 7.31. The molecule has 1 aliphatic carbocycles. The van der Waals surface area contributed by atoms with Crippen LogP contribution in [0.3, 0.4) is 0 Å². The van der Waals surface area contributed by atoms with Crippen LogP contribution in [-0.4, -0.2) is 0 Å². The van der Waals surface area contributed by atoms with Crippen LogP contribution >= 0.6 is 0 Å². The molecular formula is C22H24NO2+. The first-order valence-corrected chi connectivity index (χ1v) is 9.18. The lowest BCUT2D eigenvalue weighted by Gasteiger charge is -2.23. The number of rotatable bonds is 2. The van der Waals surface area contributed by atoms with E-state index in [1.807, 2.05) is 35.9 Å². The second-order valence-corrected chi connectivity index (χ2v) is 7.31. The molecule has 3 aromatic rings. The molecule has 2 aromatic carbocycles. The van der Waals surface area contributed by atoms with Crippen LogP contribution in [0.2, 0.25) is 0 Å². The molecule has 128 valence electrons. The van der Waals surface area contributed by atoms with Gasteiger partial charge in [0.05, 0.1) is 5.39 Å². The van der Waals surface area contributed by atoms with Crippen LogP contribution in [0, 0.1) is 12.8 Å². The maximum absolute atomic E-state index is 12.6. The summed E-state index contributed by atoms with van der Waals surface area (Å²) in [5.41, 5.74) is 4.03. The average molecular weight is 334 g/mol. The van der Waals surface area contributed by atoms with Crippen molar-refractivity contribution in [1.29, 1.82) is 0 Å². The zero-order chi connectivity index (χ0) is 17.4. The Morgan fingerprint density at radius 1 is 1.04 bits per heavy atom. The van der Waals surface area contributed by atoms with Crippen molar-refractivity contribution in [2.75, 3.05) is 0 Å². The molecule has 1 aromatic heterocycles. The molecule has 0 bridgehead atoms. The van der Waals surface area contributed by atoms with E-state index in [9.17, 15) is 4.79 Å². The van der Waals surface area contributed by atoms with E-state index in [4.69, 9.17) is 4.42 Å². The van der Waals surface area contributed by atoms with Gasteiger partial charge in [-0.15, -0.1) is 4.57 Å². The Kier molecular flexibility index (Phi) is 4.16. The zero-order valence-corrected chi connectivity index (χ0v) is 14.9.